The molecule has 0 spiro atoms. The van der Waals surface area contributed by atoms with Crippen molar-refractivity contribution >= 4 is 39.8 Å². The Hall–Kier alpha value is -3.46. The molecule has 0 aliphatic rings. The van der Waals surface area contributed by atoms with Gasteiger partial charge in [-0.2, -0.15) is 4.57 Å². The summed E-state index contributed by atoms with van der Waals surface area (Å²) >= 11 is 0. The van der Waals surface area contributed by atoms with Crippen molar-refractivity contribution in [2.45, 2.75) is 6.54 Å². The van der Waals surface area contributed by atoms with E-state index in [0.717, 1.165) is 15.9 Å². The topological polar surface area (TPSA) is 47.3 Å². The highest BCUT2D eigenvalue weighted by molar-refractivity contribution is 7.97. The van der Waals surface area contributed by atoms with E-state index >= 15 is 0 Å². The largest absolute Gasteiger partial charge is 1.00 e. The molecule has 0 N–H and O–H groups in total. The highest BCUT2D eigenvalue weighted by atomic mass is 35.5. The summed E-state index contributed by atoms with van der Waals surface area (Å²) in [5.41, 5.74) is 0. The number of ketones is 1. The van der Waals surface area contributed by atoms with Crippen LogP contribution >= 0.6 is 6.89 Å². The lowest BCUT2D eigenvalue weighted by molar-refractivity contribution is -0.683. The number of carbonyl (C=O) groups is 2. The Kier molecular flexibility index (Phi) is 8.59. The zero-order valence-electron chi connectivity index (χ0n) is 18.8. The molecule has 172 valence electrons. The molecule has 1 heterocycles. The number of aromatic nitrogens is 1. The van der Waals surface area contributed by atoms with Gasteiger partial charge in [-0.15, -0.1) is 0 Å². The van der Waals surface area contributed by atoms with Gasteiger partial charge in [-0.1, -0.05) is 97.1 Å². The number of pyridine rings is 1. The number of hydrogen-bond donors (Lipinski definition) is 0. The quantitative estimate of drug-likeness (QED) is 0.157. The van der Waals surface area contributed by atoms with Crippen LogP contribution in [0.5, 0.6) is 0 Å². The number of methoxy groups -OCH3 is 1. The van der Waals surface area contributed by atoms with Crippen molar-refractivity contribution in [3.05, 3.63) is 122 Å². The molecule has 4 rings (SSSR count). The number of benzene rings is 3. The van der Waals surface area contributed by atoms with Gasteiger partial charge in [0.2, 0.25) is 12.3 Å². The summed E-state index contributed by atoms with van der Waals surface area (Å²) in [6, 6.07) is 35.1. The van der Waals surface area contributed by atoms with Crippen molar-refractivity contribution in [3.63, 3.8) is 0 Å². The van der Waals surface area contributed by atoms with Gasteiger partial charge in [0.1, 0.15) is 5.29 Å². The number of nitrogens with zero attached hydrogens (tertiary/aromatic N) is 1. The maximum absolute atomic E-state index is 13.9. The monoisotopic (exact) mass is 489 g/mol. The SMILES string of the molecule is COC(=O)C(C(=O)C[n+]1ccccc1)=P(c1ccccc1)(c1ccccc1)c1ccccc1.[Cl-]. The smallest absolute Gasteiger partial charge is 0.342 e. The van der Waals surface area contributed by atoms with E-state index in [1.54, 1.807) is 4.57 Å². The maximum atomic E-state index is 13.9. The minimum Gasteiger partial charge on any atom is -1.00 e. The average Bonchev–Trinajstić information content (AvgIpc) is 2.89. The van der Waals surface area contributed by atoms with E-state index in [4.69, 9.17) is 4.74 Å². The average molecular weight is 490 g/mol. The minimum absolute atomic E-state index is 0. The van der Waals surface area contributed by atoms with Crippen molar-refractivity contribution in [3.8, 4) is 0 Å². The van der Waals surface area contributed by atoms with Crippen molar-refractivity contribution < 1.29 is 31.3 Å². The molecule has 0 radical (unpaired) electrons. The fourth-order valence-corrected chi connectivity index (χ4v) is 8.44. The predicted octanol–water partition coefficient (Wildman–Crippen LogP) is -0.113. The summed E-state index contributed by atoms with van der Waals surface area (Å²) in [6.07, 6.45) is 3.64. The molecule has 0 fully saturated rings. The molecule has 0 saturated heterocycles. The Morgan fingerprint density at radius 1 is 0.676 bits per heavy atom. The summed E-state index contributed by atoms with van der Waals surface area (Å²) in [5.74, 6) is -0.857. The summed E-state index contributed by atoms with van der Waals surface area (Å²) in [7, 11) is 1.33. The molecule has 0 unspecified atom stereocenters. The summed E-state index contributed by atoms with van der Waals surface area (Å²) in [5, 5.41) is 2.96. The second-order valence-corrected chi connectivity index (χ2v) is 10.8. The zero-order chi connectivity index (χ0) is 23.1. The molecule has 4 aromatic rings. The van der Waals surface area contributed by atoms with Gasteiger partial charge in [0, 0.05) is 12.1 Å². The molecule has 0 amide bonds. The first-order valence-corrected chi connectivity index (χ1v) is 12.5. The van der Waals surface area contributed by atoms with Crippen molar-refractivity contribution in [1.82, 2.24) is 0 Å². The molecule has 0 saturated carbocycles. The van der Waals surface area contributed by atoms with Crippen LogP contribution in [0.15, 0.2) is 122 Å². The highest BCUT2D eigenvalue weighted by Crippen LogP contribution is 2.46. The first kappa shape index (κ1) is 25.2. The van der Waals surface area contributed by atoms with E-state index in [2.05, 4.69) is 0 Å². The molecule has 6 heteroatoms. The van der Waals surface area contributed by atoms with E-state index in [1.807, 2.05) is 122 Å². The fraction of sp³-hybridized carbons (Fsp3) is 0.0714. The number of halogens is 1. The van der Waals surface area contributed by atoms with Crippen LogP contribution in [0, 0.1) is 0 Å². The van der Waals surface area contributed by atoms with Crippen LogP contribution in [0.2, 0.25) is 0 Å². The van der Waals surface area contributed by atoms with Crippen LogP contribution in [0.3, 0.4) is 0 Å². The molecular weight excluding hydrogens is 465 g/mol. The number of Topliss-reactive ketones (excluding diaryl/α,β-unsaturated/α-hetero) is 1. The second-order valence-electron chi connectivity index (χ2n) is 7.49. The van der Waals surface area contributed by atoms with Crippen LogP contribution < -0.4 is 32.9 Å². The number of esters is 1. The normalized spacial score (nSPS) is 10.6. The van der Waals surface area contributed by atoms with Gasteiger partial charge in [-0.05, 0) is 22.8 Å². The Labute approximate surface area is 206 Å². The van der Waals surface area contributed by atoms with E-state index in [-0.39, 0.29) is 30.0 Å². The van der Waals surface area contributed by atoms with Gasteiger partial charge in [-0.25, -0.2) is 4.79 Å². The van der Waals surface area contributed by atoms with Crippen LogP contribution in [0.4, 0.5) is 0 Å². The Balaban J connectivity index is 0.00000324. The molecule has 0 aliphatic heterocycles. The van der Waals surface area contributed by atoms with Crippen molar-refractivity contribution in [1.29, 1.82) is 0 Å². The third-order valence-corrected chi connectivity index (χ3v) is 9.83. The Morgan fingerprint density at radius 2 is 1.06 bits per heavy atom. The molecule has 1 aromatic heterocycles. The Morgan fingerprint density at radius 3 is 1.44 bits per heavy atom. The van der Waals surface area contributed by atoms with E-state index in [0.29, 0.717) is 0 Å². The fourth-order valence-electron chi connectivity index (χ4n) is 4.10. The van der Waals surface area contributed by atoms with Crippen LogP contribution in [-0.4, -0.2) is 24.2 Å². The zero-order valence-corrected chi connectivity index (χ0v) is 20.4. The van der Waals surface area contributed by atoms with Crippen molar-refractivity contribution in [2.75, 3.05) is 7.11 Å². The standard InChI is InChI=1S/C28H25NO3P.ClH/c1-32-28(31)27(26(30)22-29-20-12-5-13-21-29)33(23-14-6-2-7-15-23,24-16-8-3-9-17-24)25-18-10-4-11-19-25;/h2-21H,22H2,1H3;1H/q+1;/p-1. The highest BCUT2D eigenvalue weighted by Gasteiger charge is 2.38. The second kappa shape index (κ2) is 11.6. The lowest BCUT2D eigenvalue weighted by atomic mass is 10.2. The lowest BCUT2D eigenvalue weighted by Gasteiger charge is -2.31. The molecule has 0 atom stereocenters. The molecular formula is C28H25ClNO3P. The molecule has 4 nitrogen and oxygen atoms in total. The number of carbonyl (C=O) groups excluding carboxylic acids is 2. The molecule has 3 aromatic carbocycles. The van der Waals surface area contributed by atoms with Crippen LogP contribution in [0.1, 0.15) is 0 Å². The third kappa shape index (κ3) is 4.89. The van der Waals surface area contributed by atoms with Gasteiger partial charge < -0.3 is 17.1 Å². The van der Waals surface area contributed by atoms with E-state index < -0.39 is 12.9 Å². The van der Waals surface area contributed by atoms with E-state index in [1.165, 1.54) is 7.11 Å². The predicted molar refractivity (Wildman–Crippen MR) is 134 cm³/mol. The number of hydrogen-bond acceptors (Lipinski definition) is 3. The summed E-state index contributed by atoms with van der Waals surface area (Å²) in [4.78, 5) is 27.4. The van der Waals surface area contributed by atoms with Gasteiger partial charge in [0.15, 0.2) is 12.4 Å². The molecule has 0 aliphatic carbocycles. The first-order valence-electron chi connectivity index (χ1n) is 10.7. The molecule has 34 heavy (non-hydrogen) atoms. The lowest BCUT2D eigenvalue weighted by Crippen LogP contribution is -3.00. The Bertz CT molecular complexity index is 1190. The summed E-state index contributed by atoms with van der Waals surface area (Å²) in [6.45, 7) is -2.81. The summed E-state index contributed by atoms with van der Waals surface area (Å²) < 4.78 is 7.04. The first-order chi connectivity index (χ1) is 16.2. The van der Waals surface area contributed by atoms with E-state index in [9.17, 15) is 9.59 Å². The van der Waals surface area contributed by atoms with Gasteiger partial charge in [-0.3, -0.25) is 4.79 Å². The minimum atomic E-state index is -2.85. The van der Waals surface area contributed by atoms with Crippen molar-refractivity contribution in [2.24, 2.45) is 0 Å². The number of ether oxygens (including phenoxy) is 1. The van der Waals surface area contributed by atoms with Crippen LogP contribution in [-0.2, 0) is 20.9 Å². The van der Waals surface area contributed by atoms with Gasteiger partial charge in [0.25, 0.3) is 0 Å². The third-order valence-electron chi connectivity index (χ3n) is 5.51. The maximum Gasteiger partial charge on any atom is 0.342 e. The van der Waals surface area contributed by atoms with Gasteiger partial charge in [0.05, 0.1) is 7.11 Å². The van der Waals surface area contributed by atoms with Crippen LogP contribution in [0.25, 0.3) is 0 Å². The van der Waals surface area contributed by atoms with Gasteiger partial charge >= 0.3 is 5.97 Å². The molecule has 0 bridgehead atoms. The number of rotatable bonds is 7.